The molecule has 4 atom stereocenters. The molecule has 0 unspecified atom stereocenters. The van der Waals surface area contributed by atoms with E-state index in [0.717, 1.165) is 18.6 Å². The first-order valence-electron chi connectivity index (χ1n) is 16.7. The van der Waals surface area contributed by atoms with Gasteiger partial charge in [-0.05, 0) is 87.7 Å². The number of aliphatic hydroxyl groups is 1. The molecule has 51 heavy (non-hydrogen) atoms. The fraction of sp³-hybridized carbons (Fsp3) is 0.444. The molecule has 3 aromatic rings. The van der Waals surface area contributed by atoms with E-state index >= 15 is 0 Å². The van der Waals surface area contributed by atoms with Gasteiger partial charge in [0.05, 0.1) is 40.9 Å². The number of benzene rings is 3. The van der Waals surface area contributed by atoms with E-state index in [1.807, 2.05) is 13.8 Å². The monoisotopic (exact) mass is 734 g/mol. The molecule has 0 bridgehead atoms. The number of nitrogens with zero attached hydrogens (tertiary/aromatic N) is 2. The van der Waals surface area contributed by atoms with Crippen LogP contribution in [0.2, 0.25) is 0 Å². The highest BCUT2D eigenvalue weighted by Gasteiger charge is 2.32. The molecule has 1 aliphatic heterocycles. The van der Waals surface area contributed by atoms with Crippen LogP contribution in [0.5, 0.6) is 5.75 Å². The van der Waals surface area contributed by atoms with Gasteiger partial charge < -0.3 is 29.7 Å². The second-order valence-corrected chi connectivity index (χ2v) is 14.5. The van der Waals surface area contributed by atoms with Crippen molar-refractivity contribution in [2.75, 3.05) is 43.4 Å². The lowest BCUT2D eigenvalue weighted by Crippen LogP contribution is -2.48. The van der Waals surface area contributed by atoms with Gasteiger partial charge in [0.2, 0.25) is 0 Å². The maximum atomic E-state index is 14.3. The number of likely N-dealkylation sites (N-methyl/N-ethyl adjacent to an activating group) is 1. The number of urea groups is 1. The number of hydrogen-bond donors (Lipinski definition) is 3. The third kappa shape index (κ3) is 10.8. The Hall–Kier alpha value is -4.34. The van der Waals surface area contributed by atoms with E-state index < -0.39 is 45.8 Å². The van der Waals surface area contributed by atoms with Crippen molar-refractivity contribution in [2.45, 2.75) is 69.4 Å². The van der Waals surface area contributed by atoms with E-state index in [9.17, 15) is 36.3 Å². The summed E-state index contributed by atoms with van der Waals surface area (Å²) in [6, 6.07) is 15.2. The number of rotatable bonds is 8. The van der Waals surface area contributed by atoms with Gasteiger partial charge in [0, 0.05) is 44.0 Å². The fourth-order valence-electron chi connectivity index (χ4n) is 5.58. The largest absolute Gasteiger partial charge is 0.490 e. The molecule has 15 heteroatoms. The maximum absolute atomic E-state index is 14.3. The first-order valence-corrected chi connectivity index (χ1v) is 18.2. The summed E-state index contributed by atoms with van der Waals surface area (Å²) in [4.78, 5) is 30.3. The van der Waals surface area contributed by atoms with Crippen LogP contribution in [0.3, 0.4) is 0 Å². The van der Waals surface area contributed by atoms with Crippen molar-refractivity contribution < 1.29 is 45.8 Å². The van der Waals surface area contributed by atoms with Crippen LogP contribution in [0.25, 0.3) is 0 Å². The van der Waals surface area contributed by atoms with Gasteiger partial charge in [-0.3, -0.25) is 9.52 Å². The molecule has 0 radical (unpaired) electrons. The Morgan fingerprint density at radius 3 is 2.35 bits per heavy atom. The number of amides is 3. The lowest BCUT2D eigenvalue weighted by molar-refractivity contribution is -0.137. The summed E-state index contributed by atoms with van der Waals surface area (Å²) in [7, 11) is -2.43. The molecule has 0 saturated heterocycles. The molecule has 0 aliphatic carbocycles. The van der Waals surface area contributed by atoms with E-state index in [0.29, 0.717) is 19.4 Å². The van der Waals surface area contributed by atoms with Crippen molar-refractivity contribution in [2.24, 2.45) is 5.92 Å². The predicted octanol–water partition coefficient (Wildman–Crippen LogP) is 6.47. The van der Waals surface area contributed by atoms with E-state index in [4.69, 9.17) is 9.47 Å². The average molecular weight is 735 g/mol. The summed E-state index contributed by atoms with van der Waals surface area (Å²) < 4.78 is 80.2. The van der Waals surface area contributed by atoms with Gasteiger partial charge in [0.15, 0.2) is 0 Å². The number of halogens is 3. The number of anilines is 2. The standard InChI is InChI=1S/C36H45F3N4O7S/c1-24-21-43(25(2)23-44)34(45)31-20-29(41-51(47,48)30-11-6-5-7-12-30)17-18-32(31)50-26(3)10-8-9-19-49-33(24)22-42(4)35(46)40-28-15-13-27(14-16-28)36(37,38)39/h5-7,11-18,20,24-26,33,41,44H,8-10,19,21-23H2,1-4H3,(H,40,46)/t24-,25+,26+,33-/m1/s1. The molecular weight excluding hydrogens is 689 g/mol. The van der Waals surface area contributed by atoms with Crippen LogP contribution < -0.4 is 14.8 Å². The van der Waals surface area contributed by atoms with Gasteiger partial charge in [-0.25, -0.2) is 13.2 Å². The number of fused-ring (bicyclic) bond motifs is 1. The number of alkyl halides is 3. The maximum Gasteiger partial charge on any atom is 0.416 e. The van der Waals surface area contributed by atoms with Crippen LogP contribution in [0.15, 0.2) is 77.7 Å². The van der Waals surface area contributed by atoms with E-state index in [1.165, 1.54) is 53.2 Å². The number of aliphatic hydroxyl groups excluding tert-OH is 1. The van der Waals surface area contributed by atoms with Gasteiger partial charge in [0.1, 0.15) is 5.75 Å². The van der Waals surface area contributed by atoms with Crippen molar-refractivity contribution >= 4 is 33.3 Å². The zero-order chi connectivity index (χ0) is 37.3. The van der Waals surface area contributed by atoms with Gasteiger partial charge in [-0.2, -0.15) is 13.2 Å². The minimum Gasteiger partial charge on any atom is -0.490 e. The molecule has 0 fully saturated rings. The van der Waals surface area contributed by atoms with Crippen molar-refractivity contribution in [1.82, 2.24) is 9.80 Å². The zero-order valence-corrected chi connectivity index (χ0v) is 29.8. The molecule has 3 aromatic carbocycles. The lowest BCUT2D eigenvalue weighted by Gasteiger charge is -2.35. The van der Waals surface area contributed by atoms with Crippen LogP contribution in [-0.4, -0.2) is 86.9 Å². The second kappa shape index (κ2) is 17.2. The molecule has 0 aromatic heterocycles. The van der Waals surface area contributed by atoms with Crippen LogP contribution >= 0.6 is 0 Å². The Morgan fingerprint density at radius 2 is 1.71 bits per heavy atom. The van der Waals surface area contributed by atoms with E-state index in [1.54, 1.807) is 31.2 Å². The second-order valence-electron chi connectivity index (χ2n) is 12.8. The summed E-state index contributed by atoms with van der Waals surface area (Å²) >= 11 is 0. The van der Waals surface area contributed by atoms with Crippen LogP contribution in [0, 0.1) is 5.92 Å². The quantitative estimate of drug-likeness (QED) is 0.242. The lowest BCUT2D eigenvalue weighted by atomic mass is 10.0. The highest BCUT2D eigenvalue weighted by molar-refractivity contribution is 7.92. The average Bonchev–Trinajstić information content (AvgIpc) is 3.09. The van der Waals surface area contributed by atoms with Gasteiger partial charge in [-0.15, -0.1) is 0 Å². The summed E-state index contributed by atoms with van der Waals surface area (Å²) in [6.07, 6.45) is -3.33. The van der Waals surface area contributed by atoms with Crippen molar-refractivity contribution in [3.05, 3.63) is 83.9 Å². The summed E-state index contributed by atoms with van der Waals surface area (Å²) in [6.45, 7) is 5.58. The number of nitrogens with one attached hydrogen (secondary N) is 2. The highest BCUT2D eigenvalue weighted by atomic mass is 32.2. The van der Waals surface area contributed by atoms with Crippen molar-refractivity contribution in [3.63, 3.8) is 0 Å². The van der Waals surface area contributed by atoms with Crippen molar-refractivity contribution in [3.8, 4) is 5.75 Å². The van der Waals surface area contributed by atoms with E-state index in [-0.39, 0.29) is 59.3 Å². The minimum atomic E-state index is -4.50. The number of sulfonamides is 1. The topological polar surface area (TPSA) is 138 Å². The molecule has 3 N–H and O–H groups in total. The molecule has 0 spiro atoms. The minimum absolute atomic E-state index is 0.0506. The zero-order valence-electron chi connectivity index (χ0n) is 29.0. The fourth-order valence-corrected chi connectivity index (χ4v) is 6.65. The van der Waals surface area contributed by atoms with Crippen LogP contribution in [0.4, 0.5) is 29.3 Å². The third-order valence-electron chi connectivity index (χ3n) is 8.62. The molecular formula is C36H45F3N4O7S. The first-order chi connectivity index (χ1) is 24.1. The Labute approximate surface area is 296 Å². The summed E-state index contributed by atoms with van der Waals surface area (Å²) in [5.41, 5.74) is -0.394. The Balaban J connectivity index is 1.59. The molecule has 278 valence electrons. The molecule has 11 nitrogen and oxygen atoms in total. The first kappa shape index (κ1) is 39.4. The number of carbonyl (C=O) groups excluding carboxylic acids is 2. The summed E-state index contributed by atoms with van der Waals surface area (Å²) in [5, 5.41) is 12.8. The van der Waals surface area contributed by atoms with Crippen LogP contribution in [0.1, 0.15) is 56.0 Å². The summed E-state index contributed by atoms with van der Waals surface area (Å²) in [5.74, 6) is -0.617. The third-order valence-corrected chi connectivity index (χ3v) is 10.0. The molecule has 1 heterocycles. The molecule has 3 amide bonds. The normalized spacial score (nSPS) is 20.0. The van der Waals surface area contributed by atoms with Crippen LogP contribution in [-0.2, 0) is 20.9 Å². The predicted molar refractivity (Wildman–Crippen MR) is 187 cm³/mol. The van der Waals surface area contributed by atoms with Gasteiger partial charge in [0.25, 0.3) is 15.9 Å². The SMILES string of the molecule is C[C@@H]1CN([C@@H](C)CO)C(=O)c2cc(NS(=O)(=O)c3ccccc3)ccc2O[C@@H](C)CCCCO[C@@H]1CN(C)C(=O)Nc1ccc(C(F)(F)F)cc1. The van der Waals surface area contributed by atoms with Gasteiger partial charge >= 0.3 is 12.2 Å². The van der Waals surface area contributed by atoms with Gasteiger partial charge in [-0.1, -0.05) is 25.1 Å². The number of hydrogen-bond acceptors (Lipinski definition) is 7. The van der Waals surface area contributed by atoms with E-state index in [2.05, 4.69) is 10.0 Å². The molecule has 4 rings (SSSR count). The molecule has 0 saturated carbocycles. The Morgan fingerprint density at radius 1 is 1.04 bits per heavy atom. The smallest absolute Gasteiger partial charge is 0.416 e. The molecule has 1 aliphatic rings. The van der Waals surface area contributed by atoms with Crippen molar-refractivity contribution in [1.29, 1.82) is 0 Å². The Kier molecular flexibility index (Phi) is 13.3. The number of ether oxygens (including phenoxy) is 2. The highest BCUT2D eigenvalue weighted by Crippen LogP contribution is 2.31. The number of carbonyl (C=O) groups is 2. The Bertz CT molecular complexity index is 1730.